The standard InChI is InChI=1S/C5H3ClN2O2.C3H9N/c6-5-7-1-3(2-8-5)4(9)10;1-2-3-4/h1-2H,(H,9,10);2-4H2,1H3. The van der Waals surface area contributed by atoms with Crippen molar-refractivity contribution >= 4 is 17.6 Å². The van der Waals surface area contributed by atoms with Crippen LogP contribution in [0.15, 0.2) is 12.4 Å². The van der Waals surface area contributed by atoms with Gasteiger partial charge in [0.15, 0.2) is 0 Å². The maximum Gasteiger partial charge on any atom is 0.338 e. The van der Waals surface area contributed by atoms with Crippen molar-refractivity contribution in [3.05, 3.63) is 23.2 Å². The second kappa shape index (κ2) is 7.23. The Labute approximate surface area is 86.9 Å². The van der Waals surface area contributed by atoms with Gasteiger partial charge < -0.3 is 10.8 Å². The molecule has 0 unspecified atom stereocenters. The molecule has 0 fully saturated rings. The quantitative estimate of drug-likeness (QED) is 0.727. The lowest BCUT2D eigenvalue weighted by molar-refractivity contribution is 0.0696. The SMILES string of the molecule is CCCN.O=C(O)c1cnc(Cl)nc1. The highest BCUT2D eigenvalue weighted by molar-refractivity contribution is 6.28. The molecule has 78 valence electrons. The monoisotopic (exact) mass is 217 g/mol. The minimum Gasteiger partial charge on any atom is -0.478 e. The van der Waals surface area contributed by atoms with E-state index in [4.69, 9.17) is 22.4 Å². The van der Waals surface area contributed by atoms with Crippen LogP contribution in [-0.4, -0.2) is 27.6 Å². The van der Waals surface area contributed by atoms with Crippen molar-refractivity contribution in [1.29, 1.82) is 0 Å². The highest BCUT2D eigenvalue weighted by Crippen LogP contribution is 1.99. The zero-order valence-electron chi connectivity index (χ0n) is 7.77. The third-order valence-corrected chi connectivity index (χ3v) is 1.35. The summed E-state index contributed by atoms with van der Waals surface area (Å²) in [6.45, 7) is 2.88. The van der Waals surface area contributed by atoms with Gasteiger partial charge in [0.1, 0.15) is 0 Å². The zero-order chi connectivity index (χ0) is 11.0. The van der Waals surface area contributed by atoms with Gasteiger partial charge in [-0.15, -0.1) is 0 Å². The molecule has 5 nitrogen and oxygen atoms in total. The molecule has 6 heteroatoms. The van der Waals surface area contributed by atoms with Crippen LogP contribution in [-0.2, 0) is 0 Å². The molecule has 0 atom stereocenters. The molecule has 0 aliphatic carbocycles. The third-order valence-electron chi connectivity index (χ3n) is 1.16. The molecule has 1 heterocycles. The van der Waals surface area contributed by atoms with Gasteiger partial charge in [-0.2, -0.15) is 0 Å². The van der Waals surface area contributed by atoms with Gasteiger partial charge in [0.25, 0.3) is 0 Å². The fourth-order valence-electron chi connectivity index (χ4n) is 0.423. The summed E-state index contributed by atoms with van der Waals surface area (Å²) in [6, 6.07) is 0. The van der Waals surface area contributed by atoms with Crippen LogP contribution in [0.25, 0.3) is 0 Å². The van der Waals surface area contributed by atoms with Crippen molar-refractivity contribution in [3.8, 4) is 0 Å². The number of nitrogens with zero attached hydrogens (tertiary/aromatic N) is 2. The van der Waals surface area contributed by atoms with E-state index < -0.39 is 5.97 Å². The average Bonchev–Trinajstić information content (AvgIpc) is 2.19. The Morgan fingerprint density at radius 2 is 2.00 bits per heavy atom. The van der Waals surface area contributed by atoms with E-state index in [0.717, 1.165) is 25.4 Å². The summed E-state index contributed by atoms with van der Waals surface area (Å²) in [5.41, 5.74) is 5.06. The van der Waals surface area contributed by atoms with Crippen molar-refractivity contribution < 1.29 is 9.90 Å². The Balaban J connectivity index is 0.000000364. The second-order valence-electron chi connectivity index (χ2n) is 2.33. The Bertz CT molecular complexity index is 274. The van der Waals surface area contributed by atoms with Crippen molar-refractivity contribution in [2.45, 2.75) is 13.3 Å². The van der Waals surface area contributed by atoms with Crippen LogP contribution < -0.4 is 5.73 Å². The second-order valence-corrected chi connectivity index (χ2v) is 2.67. The smallest absolute Gasteiger partial charge is 0.338 e. The number of aromatic carboxylic acids is 1. The molecule has 1 rings (SSSR count). The Kier molecular flexibility index (Phi) is 6.61. The van der Waals surface area contributed by atoms with Gasteiger partial charge in [0, 0.05) is 12.4 Å². The van der Waals surface area contributed by atoms with E-state index in [9.17, 15) is 4.79 Å². The van der Waals surface area contributed by atoms with E-state index in [1.807, 2.05) is 0 Å². The van der Waals surface area contributed by atoms with Gasteiger partial charge in [0.05, 0.1) is 5.56 Å². The summed E-state index contributed by atoms with van der Waals surface area (Å²) in [5, 5.41) is 8.40. The van der Waals surface area contributed by atoms with Crippen LogP contribution in [0.5, 0.6) is 0 Å². The number of aromatic nitrogens is 2. The lowest BCUT2D eigenvalue weighted by atomic mass is 10.4. The number of carbonyl (C=O) groups is 1. The molecule has 0 spiro atoms. The number of rotatable bonds is 2. The Morgan fingerprint density at radius 1 is 1.57 bits per heavy atom. The number of hydrogen-bond acceptors (Lipinski definition) is 4. The topological polar surface area (TPSA) is 89.1 Å². The molecule has 0 aliphatic rings. The van der Waals surface area contributed by atoms with E-state index in [2.05, 4.69) is 16.9 Å². The van der Waals surface area contributed by atoms with E-state index >= 15 is 0 Å². The lowest BCUT2D eigenvalue weighted by Gasteiger charge is -1.89. The van der Waals surface area contributed by atoms with Gasteiger partial charge >= 0.3 is 5.97 Å². The van der Waals surface area contributed by atoms with Gasteiger partial charge in [-0.05, 0) is 24.6 Å². The van der Waals surface area contributed by atoms with Crippen molar-refractivity contribution in [3.63, 3.8) is 0 Å². The first kappa shape index (κ1) is 12.8. The minimum absolute atomic E-state index is 0.0319. The molecule has 1 aromatic rings. The van der Waals surface area contributed by atoms with E-state index in [-0.39, 0.29) is 10.8 Å². The molecule has 0 saturated heterocycles. The van der Waals surface area contributed by atoms with Gasteiger partial charge in [-0.3, -0.25) is 0 Å². The normalized spacial score (nSPS) is 8.79. The first-order valence-corrected chi connectivity index (χ1v) is 4.40. The van der Waals surface area contributed by atoms with Crippen molar-refractivity contribution in [1.82, 2.24) is 9.97 Å². The summed E-state index contributed by atoms with van der Waals surface area (Å²) in [5.74, 6) is -1.06. The molecule has 0 aromatic carbocycles. The predicted molar refractivity (Wildman–Crippen MR) is 53.3 cm³/mol. The molecular weight excluding hydrogens is 206 g/mol. The fraction of sp³-hybridized carbons (Fsp3) is 0.375. The zero-order valence-corrected chi connectivity index (χ0v) is 8.53. The summed E-state index contributed by atoms with van der Waals surface area (Å²) in [6.07, 6.45) is 3.40. The van der Waals surface area contributed by atoms with Crippen LogP contribution in [0.1, 0.15) is 23.7 Å². The highest BCUT2D eigenvalue weighted by Gasteiger charge is 2.01. The fourth-order valence-corrected chi connectivity index (χ4v) is 0.520. The molecule has 14 heavy (non-hydrogen) atoms. The van der Waals surface area contributed by atoms with E-state index in [0.29, 0.717) is 0 Å². The van der Waals surface area contributed by atoms with E-state index in [1.54, 1.807) is 0 Å². The van der Waals surface area contributed by atoms with Gasteiger partial charge in [-0.25, -0.2) is 14.8 Å². The number of nitrogens with two attached hydrogens (primary N) is 1. The van der Waals surface area contributed by atoms with Crippen LogP contribution >= 0.6 is 11.6 Å². The molecule has 3 N–H and O–H groups in total. The lowest BCUT2D eigenvalue weighted by Crippen LogP contribution is -1.97. The van der Waals surface area contributed by atoms with E-state index in [1.165, 1.54) is 0 Å². The Morgan fingerprint density at radius 3 is 2.29 bits per heavy atom. The van der Waals surface area contributed by atoms with Gasteiger partial charge in [0.2, 0.25) is 5.28 Å². The maximum absolute atomic E-state index is 10.2. The molecule has 0 amide bonds. The number of carboxylic acids is 1. The molecule has 0 radical (unpaired) electrons. The van der Waals surface area contributed by atoms with Gasteiger partial charge in [-0.1, -0.05) is 6.92 Å². The molecule has 1 aromatic heterocycles. The maximum atomic E-state index is 10.2. The first-order valence-electron chi connectivity index (χ1n) is 4.02. The molecule has 0 saturated carbocycles. The van der Waals surface area contributed by atoms with Crippen LogP contribution in [0.3, 0.4) is 0 Å². The molecular formula is C8H12ClN3O2. The summed E-state index contributed by atoms with van der Waals surface area (Å²) in [7, 11) is 0. The third kappa shape index (κ3) is 5.45. The molecule has 0 bridgehead atoms. The average molecular weight is 218 g/mol. The number of halogens is 1. The van der Waals surface area contributed by atoms with Crippen molar-refractivity contribution in [2.75, 3.05) is 6.54 Å². The number of hydrogen-bond donors (Lipinski definition) is 2. The summed E-state index contributed by atoms with van der Waals surface area (Å²) in [4.78, 5) is 17.1. The Hall–Kier alpha value is -1.20. The van der Waals surface area contributed by atoms with Crippen LogP contribution in [0.2, 0.25) is 5.28 Å². The molecule has 0 aliphatic heterocycles. The summed E-state index contributed by atoms with van der Waals surface area (Å²) < 4.78 is 0. The predicted octanol–water partition coefficient (Wildman–Crippen LogP) is 1.18. The van der Waals surface area contributed by atoms with Crippen molar-refractivity contribution in [2.24, 2.45) is 5.73 Å². The largest absolute Gasteiger partial charge is 0.478 e. The summed E-state index contributed by atoms with van der Waals surface area (Å²) >= 11 is 5.30. The first-order chi connectivity index (χ1) is 6.61. The van der Waals surface area contributed by atoms with Crippen LogP contribution in [0, 0.1) is 0 Å². The van der Waals surface area contributed by atoms with Crippen LogP contribution in [0.4, 0.5) is 0 Å². The highest BCUT2D eigenvalue weighted by atomic mass is 35.5. The number of carboxylic acid groups (broad SMARTS) is 1. The minimum atomic E-state index is -1.06.